The number of β-amino-alcohol motifs (C(OH)–C–C–N with tert-alkyl or cyclic N) is 1. The zero-order chi connectivity index (χ0) is 22.6. The molecule has 0 bridgehead atoms. The first-order valence-corrected chi connectivity index (χ1v) is 12.8. The van der Waals surface area contributed by atoms with Crippen LogP contribution in [0.5, 0.6) is 11.5 Å². The summed E-state index contributed by atoms with van der Waals surface area (Å²) in [5.41, 5.74) is 7.34. The van der Waals surface area contributed by atoms with Crippen LogP contribution in [0, 0.1) is 0 Å². The first-order valence-electron chi connectivity index (χ1n) is 12.8. The van der Waals surface area contributed by atoms with Gasteiger partial charge in [-0.25, -0.2) is 0 Å². The van der Waals surface area contributed by atoms with Gasteiger partial charge in [-0.2, -0.15) is 0 Å². The van der Waals surface area contributed by atoms with Crippen LogP contribution in [0.15, 0.2) is 30.3 Å². The SMILES string of the molecule is COc1cccc(N2CCN(CC(O)COc3cc4c(c5c3CCCC5)CCCC4)CC2)c1.Cl. The number of aliphatic hydroxyl groups excluding tert-OH is 1. The van der Waals surface area contributed by atoms with Crippen LogP contribution in [0.3, 0.4) is 0 Å². The average molecular weight is 487 g/mol. The number of ether oxygens (including phenoxy) is 2. The Morgan fingerprint density at radius 1 is 0.882 bits per heavy atom. The molecule has 0 amide bonds. The van der Waals surface area contributed by atoms with E-state index in [1.807, 2.05) is 12.1 Å². The molecule has 34 heavy (non-hydrogen) atoms. The Morgan fingerprint density at radius 2 is 1.59 bits per heavy atom. The highest BCUT2D eigenvalue weighted by Crippen LogP contribution is 2.38. The summed E-state index contributed by atoms with van der Waals surface area (Å²) >= 11 is 0. The third kappa shape index (κ3) is 5.64. The van der Waals surface area contributed by atoms with Crippen molar-refractivity contribution in [1.82, 2.24) is 4.90 Å². The lowest BCUT2D eigenvalue weighted by Crippen LogP contribution is -2.49. The van der Waals surface area contributed by atoms with Crippen LogP contribution >= 0.6 is 12.4 Å². The van der Waals surface area contributed by atoms with Crippen LogP contribution in [0.2, 0.25) is 0 Å². The molecule has 186 valence electrons. The van der Waals surface area contributed by atoms with Gasteiger partial charge in [-0.1, -0.05) is 6.07 Å². The van der Waals surface area contributed by atoms with Crippen LogP contribution in [0.25, 0.3) is 0 Å². The number of aryl methyl sites for hydroxylation is 1. The number of hydrogen-bond donors (Lipinski definition) is 1. The van der Waals surface area contributed by atoms with Gasteiger partial charge >= 0.3 is 0 Å². The highest BCUT2D eigenvalue weighted by Gasteiger charge is 2.24. The number of hydrogen-bond acceptors (Lipinski definition) is 5. The van der Waals surface area contributed by atoms with Gasteiger partial charge in [0.25, 0.3) is 0 Å². The number of aliphatic hydroxyl groups is 1. The number of benzene rings is 2. The summed E-state index contributed by atoms with van der Waals surface area (Å²) in [7, 11) is 1.71. The van der Waals surface area contributed by atoms with Gasteiger partial charge < -0.3 is 19.5 Å². The Morgan fingerprint density at radius 3 is 2.35 bits per heavy atom. The Labute approximate surface area is 210 Å². The molecule has 1 fully saturated rings. The van der Waals surface area contributed by atoms with Gasteiger partial charge in [0.05, 0.1) is 7.11 Å². The molecule has 1 heterocycles. The molecule has 1 atom stereocenters. The summed E-state index contributed by atoms with van der Waals surface area (Å²) < 4.78 is 11.7. The van der Waals surface area contributed by atoms with E-state index >= 15 is 0 Å². The van der Waals surface area contributed by atoms with E-state index in [4.69, 9.17) is 9.47 Å². The monoisotopic (exact) mass is 486 g/mol. The normalized spacial score (nSPS) is 18.9. The molecule has 5 rings (SSSR count). The molecule has 2 aromatic rings. The van der Waals surface area contributed by atoms with Crippen LogP contribution in [-0.4, -0.2) is 62.6 Å². The standard InChI is InChI=1S/C28H38N2O3.ClH/c1-32-24-9-6-8-22(18-24)30-15-13-29(14-16-30)19-23(31)20-33-28-17-21-7-2-3-10-25(21)26-11-4-5-12-27(26)28;/h6,8-9,17-18,23,31H,2-5,7,10-16,19-20H2,1H3;1H. The summed E-state index contributed by atoms with van der Waals surface area (Å²) in [5, 5.41) is 10.8. The smallest absolute Gasteiger partial charge is 0.123 e. The Kier molecular flexibility index (Phi) is 8.62. The fraction of sp³-hybridized carbons (Fsp3) is 0.571. The predicted molar refractivity (Wildman–Crippen MR) is 140 cm³/mol. The molecule has 1 saturated heterocycles. The van der Waals surface area contributed by atoms with Gasteiger partial charge in [0.15, 0.2) is 0 Å². The van der Waals surface area contributed by atoms with E-state index < -0.39 is 6.10 Å². The van der Waals surface area contributed by atoms with E-state index in [9.17, 15) is 5.11 Å². The predicted octanol–water partition coefficient (Wildman–Crippen LogP) is 4.44. The van der Waals surface area contributed by atoms with Crippen LogP contribution in [-0.2, 0) is 25.7 Å². The summed E-state index contributed by atoms with van der Waals surface area (Å²) in [6.07, 6.45) is 9.44. The zero-order valence-corrected chi connectivity index (χ0v) is 21.2. The maximum atomic E-state index is 10.8. The average Bonchev–Trinajstić information content (AvgIpc) is 2.88. The Balaban J connectivity index is 0.00000274. The second-order valence-corrected chi connectivity index (χ2v) is 9.84. The lowest BCUT2D eigenvalue weighted by atomic mass is 9.80. The fourth-order valence-corrected chi connectivity index (χ4v) is 5.85. The second kappa shape index (κ2) is 11.7. The zero-order valence-electron chi connectivity index (χ0n) is 20.4. The lowest BCUT2D eigenvalue weighted by Gasteiger charge is -2.37. The fourth-order valence-electron chi connectivity index (χ4n) is 5.85. The van der Waals surface area contributed by atoms with Gasteiger partial charge in [0.2, 0.25) is 0 Å². The molecule has 0 radical (unpaired) electrons. The summed E-state index contributed by atoms with van der Waals surface area (Å²) in [4.78, 5) is 4.74. The van der Waals surface area contributed by atoms with Crippen LogP contribution in [0.4, 0.5) is 5.69 Å². The molecule has 0 aromatic heterocycles. The van der Waals surface area contributed by atoms with Crippen molar-refractivity contribution in [2.45, 2.75) is 57.5 Å². The minimum absolute atomic E-state index is 0. The molecular formula is C28H39ClN2O3. The quantitative estimate of drug-likeness (QED) is 0.627. The van der Waals surface area contributed by atoms with Crippen molar-refractivity contribution >= 4 is 18.1 Å². The molecule has 1 aliphatic heterocycles. The molecule has 2 aromatic carbocycles. The number of nitrogens with zero attached hydrogens (tertiary/aromatic N) is 2. The van der Waals surface area contributed by atoms with Gasteiger partial charge in [0, 0.05) is 44.5 Å². The summed E-state index contributed by atoms with van der Waals surface area (Å²) in [6, 6.07) is 10.6. The molecular weight excluding hydrogens is 448 g/mol. The van der Waals surface area contributed by atoms with Crippen molar-refractivity contribution in [2.75, 3.05) is 51.3 Å². The van der Waals surface area contributed by atoms with E-state index in [2.05, 4.69) is 28.0 Å². The highest BCUT2D eigenvalue weighted by molar-refractivity contribution is 5.85. The van der Waals surface area contributed by atoms with Gasteiger partial charge in [-0.15, -0.1) is 12.4 Å². The van der Waals surface area contributed by atoms with Gasteiger partial charge in [-0.3, -0.25) is 4.90 Å². The highest BCUT2D eigenvalue weighted by atomic mass is 35.5. The molecule has 3 aliphatic rings. The third-order valence-electron chi connectivity index (χ3n) is 7.64. The maximum absolute atomic E-state index is 10.8. The molecule has 1 N–H and O–H groups in total. The molecule has 5 nitrogen and oxygen atoms in total. The van der Waals surface area contributed by atoms with Gasteiger partial charge in [0.1, 0.15) is 24.2 Å². The van der Waals surface area contributed by atoms with Crippen molar-refractivity contribution in [2.24, 2.45) is 0 Å². The second-order valence-electron chi connectivity index (χ2n) is 9.84. The lowest BCUT2D eigenvalue weighted by molar-refractivity contribution is 0.0658. The van der Waals surface area contributed by atoms with E-state index in [0.29, 0.717) is 13.2 Å². The Hall–Kier alpha value is -1.95. The largest absolute Gasteiger partial charge is 0.497 e. The number of rotatable bonds is 7. The molecule has 0 spiro atoms. The minimum Gasteiger partial charge on any atom is -0.497 e. The molecule has 1 unspecified atom stereocenters. The number of methoxy groups -OCH3 is 1. The number of fused-ring (bicyclic) bond motifs is 3. The van der Waals surface area contributed by atoms with E-state index in [1.165, 1.54) is 61.8 Å². The van der Waals surface area contributed by atoms with Crippen molar-refractivity contribution in [3.05, 3.63) is 52.6 Å². The first kappa shape index (κ1) is 25.2. The van der Waals surface area contributed by atoms with E-state index in [1.54, 1.807) is 18.2 Å². The summed E-state index contributed by atoms with van der Waals surface area (Å²) in [5.74, 6) is 1.94. The number of piperazine rings is 1. The van der Waals surface area contributed by atoms with E-state index in [0.717, 1.165) is 44.1 Å². The topological polar surface area (TPSA) is 45.2 Å². The van der Waals surface area contributed by atoms with Crippen LogP contribution in [0.1, 0.15) is 47.9 Å². The van der Waals surface area contributed by atoms with Gasteiger partial charge in [-0.05, 0) is 91.8 Å². The molecule has 6 heteroatoms. The molecule has 0 saturated carbocycles. The van der Waals surface area contributed by atoms with Crippen molar-refractivity contribution in [3.8, 4) is 11.5 Å². The number of anilines is 1. The Bertz CT molecular complexity index is 959. The summed E-state index contributed by atoms with van der Waals surface area (Å²) in [6.45, 7) is 4.85. The van der Waals surface area contributed by atoms with Crippen molar-refractivity contribution < 1.29 is 14.6 Å². The third-order valence-corrected chi connectivity index (χ3v) is 7.64. The maximum Gasteiger partial charge on any atom is 0.123 e. The van der Waals surface area contributed by atoms with Crippen molar-refractivity contribution in [1.29, 1.82) is 0 Å². The number of halogens is 1. The molecule has 2 aliphatic carbocycles. The van der Waals surface area contributed by atoms with Crippen molar-refractivity contribution in [3.63, 3.8) is 0 Å². The van der Waals surface area contributed by atoms with Crippen LogP contribution < -0.4 is 14.4 Å². The van der Waals surface area contributed by atoms with E-state index in [-0.39, 0.29) is 12.4 Å². The minimum atomic E-state index is -0.469. The first-order chi connectivity index (χ1) is 16.2.